The van der Waals surface area contributed by atoms with Gasteiger partial charge in [0.25, 0.3) is 0 Å². The number of hydrogen-bond acceptors (Lipinski definition) is 5. The van der Waals surface area contributed by atoms with E-state index in [-0.39, 0.29) is 10.8 Å². The molecule has 2 aromatic heterocycles. The molecule has 0 bridgehead atoms. The molecule has 1 unspecified atom stereocenters. The van der Waals surface area contributed by atoms with Crippen LogP contribution in [-0.2, 0) is 0 Å². The van der Waals surface area contributed by atoms with Crippen LogP contribution in [0.1, 0.15) is 24.1 Å². The molecule has 3 aromatic rings. The Hall–Kier alpha value is -2.80. The third-order valence-electron chi connectivity index (χ3n) is 3.88. The highest BCUT2D eigenvalue weighted by molar-refractivity contribution is 7.16. The smallest absolute Gasteiger partial charge is 0.305 e. The molecule has 6 nitrogen and oxygen atoms in total. The van der Waals surface area contributed by atoms with Crippen LogP contribution in [0.2, 0.25) is 0 Å². The second kappa shape index (κ2) is 5.44. The SMILES string of the molecule is CC(c1ccc2[nH]c(=O)sc2c1)c1ccn(C2=CC=CNN2)n1. The Labute approximate surface area is 136 Å². The predicted octanol–water partition coefficient (Wildman–Crippen LogP) is 2.36. The third kappa shape index (κ3) is 2.55. The molecule has 0 aliphatic carbocycles. The normalized spacial score (nSPS) is 15.1. The fourth-order valence-electron chi connectivity index (χ4n) is 2.58. The standard InChI is InChI=1S/C16H15N5OS/c1-10(11-4-5-13-14(9-11)23-16(22)18-13)12-6-8-21(20-12)15-3-2-7-17-19-15/h2-10,17,19H,1H3,(H,18,22). The summed E-state index contributed by atoms with van der Waals surface area (Å²) in [5.74, 6) is 1.01. The summed E-state index contributed by atoms with van der Waals surface area (Å²) in [6.45, 7) is 2.12. The summed E-state index contributed by atoms with van der Waals surface area (Å²) in [4.78, 5) is 14.2. The summed E-state index contributed by atoms with van der Waals surface area (Å²) in [5, 5.41) is 4.64. The van der Waals surface area contributed by atoms with Gasteiger partial charge in [-0.3, -0.25) is 10.2 Å². The Kier molecular flexibility index (Phi) is 3.27. The summed E-state index contributed by atoms with van der Waals surface area (Å²) in [7, 11) is 0. The lowest BCUT2D eigenvalue weighted by molar-refractivity contribution is 0.698. The van der Waals surface area contributed by atoms with Crippen LogP contribution in [0, 0.1) is 0 Å². The van der Waals surface area contributed by atoms with Crippen LogP contribution in [0.25, 0.3) is 16.0 Å². The molecule has 0 amide bonds. The van der Waals surface area contributed by atoms with Gasteiger partial charge in [-0.15, -0.1) is 0 Å². The van der Waals surface area contributed by atoms with Gasteiger partial charge >= 0.3 is 4.87 Å². The minimum absolute atomic E-state index is 0.0232. The van der Waals surface area contributed by atoms with Crippen LogP contribution in [0.15, 0.2) is 53.6 Å². The van der Waals surface area contributed by atoms with Gasteiger partial charge in [-0.25, -0.2) is 4.68 Å². The van der Waals surface area contributed by atoms with E-state index in [0.717, 1.165) is 27.3 Å². The molecule has 1 aliphatic heterocycles. The molecule has 1 aliphatic rings. The van der Waals surface area contributed by atoms with E-state index in [1.807, 2.05) is 42.7 Å². The Morgan fingerprint density at radius 2 is 2.22 bits per heavy atom. The maximum Gasteiger partial charge on any atom is 0.305 e. The zero-order chi connectivity index (χ0) is 15.8. The number of aromatic amines is 1. The molecule has 3 heterocycles. The maximum atomic E-state index is 11.4. The molecule has 0 fully saturated rings. The minimum atomic E-state index is -0.0232. The lowest BCUT2D eigenvalue weighted by Gasteiger charge is -2.13. The van der Waals surface area contributed by atoms with E-state index >= 15 is 0 Å². The molecule has 0 spiro atoms. The van der Waals surface area contributed by atoms with Gasteiger partial charge in [0.05, 0.1) is 15.9 Å². The van der Waals surface area contributed by atoms with Gasteiger partial charge in [0.15, 0.2) is 0 Å². The first kappa shape index (κ1) is 13.8. The number of nitrogens with zero attached hydrogens (tertiary/aromatic N) is 2. The molecule has 1 atom stereocenters. The Balaban J connectivity index is 1.66. The van der Waals surface area contributed by atoms with Crippen molar-refractivity contribution in [1.82, 2.24) is 25.6 Å². The number of benzene rings is 1. The van der Waals surface area contributed by atoms with E-state index < -0.39 is 0 Å². The molecule has 3 N–H and O–H groups in total. The van der Waals surface area contributed by atoms with Crippen LogP contribution in [-0.4, -0.2) is 14.8 Å². The summed E-state index contributed by atoms with van der Waals surface area (Å²) in [6, 6.07) is 8.06. The van der Waals surface area contributed by atoms with Crippen LogP contribution < -0.4 is 15.7 Å². The molecule has 1 aromatic carbocycles. The molecule has 0 saturated heterocycles. The molecule has 116 valence electrons. The van der Waals surface area contributed by atoms with Crippen molar-refractivity contribution in [3.05, 3.63) is 69.7 Å². The van der Waals surface area contributed by atoms with Crippen LogP contribution in [0.3, 0.4) is 0 Å². The largest absolute Gasteiger partial charge is 0.312 e. The number of nitrogens with one attached hydrogen (secondary N) is 3. The van der Waals surface area contributed by atoms with E-state index in [1.165, 1.54) is 11.3 Å². The second-order valence-corrected chi connectivity index (χ2v) is 6.37. The maximum absolute atomic E-state index is 11.4. The average Bonchev–Trinajstić information content (AvgIpc) is 3.20. The van der Waals surface area contributed by atoms with Gasteiger partial charge in [-0.05, 0) is 35.9 Å². The minimum Gasteiger partial charge on any atom is -0.312 e. The summed E-state index contributed by atoms with van der Waals surface area (Å²) in [5.41, 5.74) is 8.98. The number of allylic oxidation sites excluding steroid dienone is 2. The zero-order valence-corrected chi connectivity index (χ0v) is 13.2. The highest BCUT2D eigenvalue weighted by Gasteiger charge is 2.14. The monoisotopic (exact) mass is 325 g/mol. The molecular formula is C16H15N5OS. The van der Waals surface area contributed by atoms with Gasteiger partial charge in [0.1, 0.15) is 5.82 Å². The lowest BCUT2D eigenvalue weighted by atomic mass is 9.98. The number of thiazole rings is 1. The van der Waals surface area contributed by atoms with Gasteiger partial charge in [0, 0.05) is 18.3 Å². The van der Waals surface area contributed by atoms with Crippen LogP contribution in [0.5, 0.6) is 0 Å². The van der Waals surface area contributed by atoms with Crippen LogP contribution >= 0.6 is 11.3 Å². The number of H-pyrrole nitrogens is 1. The summed E-state index contributed by atoms with van der Waals surface area (Å²) >= 11 is 1.24. The first-order valence-electron chi connectivity index (χ1n) is 7.28. The lowest BCUT2D eigenvalue weighted by Crippen LogP contribution is -2.30. The number of rotatable bonds is 3. The quantitative estimate of drug-likeness (QED) is 0.691. The van der Waals surface area contributed by atoms with E-state index in [4.69, 9.17) is 0 Å². The van der Waals surface area contributed by atoms with Crippen LogP contribution in [0.4, 0.5) is 0 Å². The van der Waals surface area contributed by atoms with Crippen molar-refractivity contribution in [3.8, 4) is 0 Å². The highest BCUT2D eigenvalue weighted by atomic mass is 32.1. The zero-order valence-electron chi connectivity index (χ0n) is 12.4. The van der Waals surface area contributed by atoms with E-state index in [0.29, 0.717) is 0 Å². The van der Waals surface area contributed by atoms with Gasteiger partial charge in [-0.2, -0.15) is 5.10 Å². The van der Waals surface area contributed by atoms with Crippen molar-refractivity contribution in [2.75, 3.05) is 0 Å². The summed E-state index contributed by atoms with van der Waals surface area (Å²) < 4.78 is 2.78. The van der Waals surface area contributed by atoms with E-state index in [2.05, 4.69) is 33.9 Å². The predicted molar refractivity (Wildman–Crippen MR) is 91.9 cm³/mol. The number of aromatic nitrogens is 3. The number of hydrazine groups is 1. The number of hydrogen-bond donors (Lipinski definition) is 3. The van der Waals surface area contributed by atoms with Crippen molar-refractivity contribution in [2.24, 2.45) is 0 Å². The van der Waals surface area contributed by atoms with Gasteiger partial charge in [-0.1, -0.05) is 24.3 Å². The molecule has 0 saturated carbocycles. The Morgan fingerprint density at radius 3 is 3.04 bits per heavy atom. The molecule has 23 heavy (non-hydrogen) atoms. The first-order chi connectivity index (χ1) is 11.2. The van der Waals surface area contributed by atoms with E-state index in [1.54, 1.807) is 4.68 Å². The molecule has 0 radical (unpaired) electrons. The highest BCUT2D eigenvalue weighted by Crippen LogP contribution is 2.26. The average molecular weight is 325 g/mol. The van der Waals surface area contributed by atoms with E-state index in [9.17, 15) is 4.79 Å². The fraction of sp³-hybridized carbons (Fsp3) is 0.125. The Morgan fingerprint density at radius 1 is 1.30 bits per heavy atom. The van der Waals surface area contributed by atoms with Gasteiger partial charge in [0.2, 0.25) is 0 Å². The first-order valence-corrected chi connectivity index (χ1v) is 8.09. The number of fused-ring (bicyclic) bond motifs is 1. The fourth-order valence-corrected chi connectivity index (χ4v) is 3.37. The molecule has 4 rings (SSSR count). The van der Waals surface area contributed by atoms with Crippen molar-refractivity contribution < 1.29 is 0 Å². The van der Waals surface area contributed by atoms with Crippen molar-refractivity contribution in [2.45, 2.75) is 12.8 Å². The topological polar surface area (TPSA) is 74.7 Å². The van der Waals surface area contributed by atoms with Crippen molar-refractivity contribution >= 4 is 27.4 Å². The van der Waals surface area contributed by atoms with Crippen molar-refractivity contribution in [1.29, 1.82) is 0 Å². The second-order valence-electron chi connectivity index (χ2n) is 5.36. The summed E-state index contributed by atoms with van der Waals surface area (Å²) in [6.07, 6.45) is 7.60. The Bertz CT molecular complexity index is 978. The molecular weight excluding hydrogens is 310 g/mol. The molecule has 7 heteroatoms. The van der Waals surface area contributed by atoms with Crippen molar-refractivity contribution in [3.63, 3.8) is 0 Å². The third-order valence-corrected chi connectivity index (χ3v) is 4.72. The van der Waals surface area contributed by atoms with Gasteiger partial charge < -0.3 is 10.4 Å².